The van der Waals surface area contributed by atoms with Gasteiger partial charge in [-0.05, 0) is 58.4 Å². The second kappa shape index (κ2) is 7.82. The first kappa shape index (κ1) is 16.3. The summed E-state index contributed by atoms with van der Waals surface area (Å²) in [5.74, 6) is 1.49. The fourth-order valence-corrected chi connectivity index (χ4v) is 3.41. The molecule has 21 heavy (non-hydrogen) atoms. The van der Waals surface area contributed by atoms with Gasteiger partial charge < -0.3 is 15.2 Å². The molecule has 1 atom stereocenters. The fourth-order valence-electron chi connectivity index (χ4n) is 2.11. The van der Waals surface area contributed by atoms with Crippen LogP contribution in [0.25, 0.3) is 0 Å². The highest BCUT2D eigenvalue weighted by Gasteiger charge is 2.12. The predicted octanol–water partition coefficient (Wildman–Crippen LogP) is 4.03. The number of benzene rings is 1. The molecule has 2 rings (SSSR count). The lowest BCUT2D eigenvalue weighted by molar-refractivity contribution is 0.296. The van der Waals surface area contributed by atoms with Crippen molar-refractivity contribution in [2.75, 3.05) is 13.7 Å². The van der Waals surface area contributed by atoms with Crippen LogP contribution < -0.4 is 15.2 Å². The Balaban J connectivity index is 2.07. The summed E-state index contributed by atoms with van der Waals surface area (Å²) in [6.45, 7) is 2.62. The zero-order chi connectivity index (χ0) is 15.2. The molecule has 2 N–H and O–H groups in total. The average molecular weight is 370 g/mol. The second-order valence-electron chi connectivity index (χ2n) is 4.97. The van der Waals surface area contributed by atoms with Crippen LogP contribution in [0.4, 0.5) is 0 Å². The maximum absolute atomic E-state index is 5.90. The van der Waals surface area contributed by atoms with Gasteiger partial charge in [-0.15, -0.1) is 11.3 Å². The molecule has 0 radical (unpaired) electrons. The molecule has 1 aromatic heterocycles. The highest BCUT2D eigenvalue weighted by atomic mass is 79.9. The third-order valence-corrected chi connectivity index (χ3v) is 4.55. The van der Waals surface area contributed by atoms with Gasteiger partial charge in [0.15, 0.2) is 11.5 Å². The normalized spacial score (nSPS) is 12.2. The van der Waals surface area contributed by atoms with E-state index in [1.54, 1.807) is 18.4 Å². The van der Waals surface area contributed by atoms with E-state index in [9.17, 15) is 0 Å². The minimum absolute atomic E-state index is 0.118. The summed E-state index contributed by atoms with van der Waals surface area (Å²) >= 11 is 5.31. The third-order valence-electron chi connectivity index (χ3n) is 3.02. The lowest BCUT2D eigenvalue weighted by Gasteiger charge is -2.15. The maximum Gasteiger partial charge on any atom is 0.175 e. The van der Waals surface area contributed by atoms with Crippen LogP contribution >= 0.6 is 27.3 Å². The van der Waals surface area contributed by atoms with E-state index in [1.807, 2.05) is 19.1 Å². The van der Waals surface area contributed by atoms with E-state index in [4.69, 9.17) is 15.2 Å². The van der Waals surface area contributed by atoms with Gasteiger partial charge in [-0.2, -0.15) is 0 Å². The van der Waals surface area contributed by atoms with Gasteiger partial charge in [-0.1, -0.05) is 6.07 Å². The zero-order valence-corrected chi connectivity index (χ0v) is 14.7. The Hall–Kier alpha value is -1.04. The standard InChI is InChI=1S/C16H20BrNO2S/c1-11(18)8-12-9-14(17)16(15(10-12)19-2)20-6-5-13-4-3-7-21-13/h3-4,7,9-11H,5-6,8,18H2,1-2H3. The molecule has 0 bridgehead atoms. The summed E-state index contributed by atoms with van der Waals surface area (Å²) in [4.78, 5) is 1.32. The Morgan fingerprint density at radius 1 is 1.38 bits per heavy atom. The highest BCUT2D eigenvalue weighted by molar-refractivity contribution is 9.10. The molecule has 0 saturated carbocycles. The van der Waals surface area contributed by atoms with Crippen molar-refractivity contribution < 1.29 is 9.47 Å². The molecule has 0 fully saturated rings. The van der Waals surface area contributed by atoms with Crippen molar-refractivity contribution in [3.8, 4) is 11.5 Å². The number of hydrogen-bond acceptors (Lipinski definition) is 4. The van der Waals surface area contributed by atoms with Crippen molar-refractivity contribution in [2.45, 2.75) is 25.8 Å². The number of hydrogen-bond donors (Lipinski definition) is 1. The molecular weight excluding hydrogens is 350 g/mol. The number of thiophene rings is 1. The summed E-state index contributed by atoms with van der Waals surface area (Å²) in [5.41, 5.74) is 6.99. The minimum Gasteiger partial charge on any atom is -0.493 e. The molecule has 2 aromatic rings. The van der Waals surface area contributed by atoms with Gasteiger partial charge in [0.1, 0.15) is 0 Å². The first-order valence-corrected chi connectivity index (χ1v) is 8.54. The molecule has 0 saturated heterocycles. The topological polar surface area (TPSA) is 44.5 Å². The molecule has 1 unspecified atom stereocenters. The molecule has 3 nitrogen and oxygen atoms in total. The van der Waals surface area contributed by atoms with E-state index < -0.39 is 0 Å². The van der Waals surface area contributed by atoms with E-state index in [0.717, 1.165) is 34.4 Å². The van der Waals surface area contributed by atoms with E-state index in [-0.39, 0.29) is 6.04 Å². The molecule has 0 aliphatic rings. The number of ether oxygens (including phenoxy) is 2. The van der Waals surface area contributed by atoms with Crippen LogP contribution in [-0.4, -0.2) is 19.8 Å². The first-order valence-electron chi connectivity index (χ1n) is 6.87. The van der Waals surface area contributed by atoms with Crippen molar-refractivity contribution in [1.82, 2.24) is 0 Å². The van der Waals surface area contributed by atoms with Gasteiger partial charge in [-0.25, -0.2) is 0 Å². The van der Waals surface area contributed by atoms with Gasteiger partial charge in [-0.3, -0.25) is 0 Å². The zero-order valence-electron chi connectivity index (χ0n) is 12.3. The van der Waals surface area contributed by atoms with Crippen molar-refractivity contribution >= 4 is 27.3 Å². The van der Waals surface area contributed by atoms with Crippen molar-refractivity contribution in [3.05, 3.63) is 44.6 Å². The lowest BCUT2D eigenvalue weighted by atomic mass is 10.1. The van der Waals surface area contributed by atoms with E-state index in [0.29, 0.717) is 6.61 Å². The lowest BCUT2D eigenvalue weighted by Crippen LogP contribution is -2.17. The van der Waals surface area contributed by atoms with Crippen molar-refractivity contribution in [3.63, 3.8) is 0 Å². The number of halogens is 1. The smallest absolute Gasteiger partial charge is 0.175 e. The quantitative estimate of drug-likeness (QED) is 0.800. The summed E-state index contributed by atoms with van der Waals surface area (Å²) in [7, 11) is 1.66. The number of methoxy groups -OCH3 is 1. The SMILES string of the molecule is COc1cc(CC(C)N)cc(Br)c1OCCc1cccs1. The molecule has 114 valence electrons. The number of nitrogens with two attached hydrogens (primary N) is 1. The Bertz CT molecular complexity index is 570. The monoisotopic (exact) mass is 369 g/mol. The van der Waals surface area contributed by atoms with Crippen LogP contribution in [0.2, 0.25) is 0 Å². The Morgan fingerprint density at radius 3 is 2.81 bits per heavy atom. The van der Waals surface area contributed by atoms with Crippen molar-refractivity contribution in [1.29, 1.82) is 0 Å². The third kappa shape index (κ3) is 4.73. The first-order chi connectivity index (χ1) is 10.1. The molecule has 5 heteroatoms. The van der Waals surface area contributed by atoms with Crippen LogP contribution in [0.15, 0.2) is 34.1 Å². The molecule has 1 heterocycles. The predicted molar refractivity (Wildman–Crippen MR) is 91.6 cm³/mol. The molecule has 0 aliphatic heterocycles. The Labute approximate surface area is 138 Å². The largest absolute Gasteiger partial charge is 0.493 e. The van der Waals surface area contributed by atoms with E-state index in [2.05, 4.69) is 33.4 Å². The van der Waals surface area contributed by atoms with Gasteiger partial charge in [0.05, 0.1) is 18.2 Å². The van der Waals surface area contributed by atoms with Gasteiger partial charge in [0.25, 0.3) is 0 Å². The Kier molecular flexibility index (Phi) is 6.08. The fraction of sp³-hybridized carbons (Fsp3) is 0.375. The Morgan fingerprint density at radius 2 is 2.19 bits per heavy atom. The number of rotatable bonds is 7. The summed E-state index contributed by atoms with van der Waals surface area (Å²) < 4.78 is 12.2. The summed E-state index contributed by atoms with van der Waals surface area (Å²) in [6.07, 6.45) is 1.71. The highest BCUT2D eigenvalue weighted by Crippen LogP contribution is 2.37. The van der Waals surface area contributed by atoms with E-state index in [1.165, 1.54) is 4.88 Å². The average Bonchev–Trinajstić information content (AvgIpc) is 2.93. The summed E-state index contributed by atoms with van der Waals surface area (Å²) in [5, 5.41) is 2.08. The van der Waals surface area contributed by atoms with Crippen LogP contribution in [0.1, 0.15) is 17.4 Å². The molecule has 1 aromatic carbocycles. The van der Waals surface area contributed by atoms with Gasteiger partial charge in [0, 0.05) is 17.3 Å². The molecular formula is C16H20BrNO2S. The van der Waals surface area contributed by atoms with Gasteiger partial charge in [0.2, 0.25) is 0 Å². The molecule has 0 aliphatic carbocycles. The van der Waals surface area contributed by atoms with Crippen LogP contribution in [0.5, 0.6) is 11.5 Å². The van der Waals surface area contributed by atoms with Crippen LogP contribution in [0, 0.1) is 0 Å². The van der Waals surface area contributed by atoms with Crippen LogP contribution in [-0.2, 0) is 12.8 Å². The second-order valence-corrected chi connectivity index (χ2v) is 6.85. The maximum atomic E-state index is 5.90. The van der Waals surface area contributed by atoms with Crippen LogP contribution in [0.3, 0.4) is 0 Å². The van der Waals surface area contributed by atoms with E-state index >= 15 is 0 Å². The molecule has 0 spiro atoms. The minimum atomic E-state index is 0.118. The van der Waals surface area contributed by atoms with Crippen molar-refractivity contribution in [2.24, 2.45) is 5.73 Å². The van der Waals surface area contributed by atoms with Gasteiger partial charge >= 0.3 is 0 Å². The molecule has 0 amide bonds. The summed E-state index contributed by atoms with van der Waals surface area (Å²) in [6, 6.07) is 8.33.